The van der Waals surface area contributed by atoms with Gasteiger partial charge in [0.05, 0.1) is 31.1 Å². The van der Waals surface area contributed by atoms with Crippen LogP contribution in [0.3, 0.4) is 0 Å². The summed E-state index contributed by atoms with van der Waals surface area (Å²) in [5, 5.41) is 9.69. The van der Waals surface area contributed by atoms with E-state index in [4.69, 9.17) is 9.47 Å². The number of thioether (sulfide) groups is 1. The fourth-order valence-corrected chi connectivity index (χ4v) is 5.38. The Labute approximate surface area is 222 Å². The third-order valence-corrected chi connectivity index (χ3v) is 7.49. The molecule has 2 heterocycles. The first kappa shape index (κ1) is 26.7. The van der Waals surface area contributed by atoms with E-state index < -0.39 is 0 Å². The van der Waals surface area contributed by atoms with E-state index in [0.717, 1.165) is 17.0 Å². The second kappa shape index (κ2) is 12.3. The van der Waals surface area contributed by atoms with Crippen LogP contribution in [0.25, 0.3) is 17.1 Å². The maximum Gasteiger partial charge on any atom is 0.309 e. The molecule has 196 valence electrons. The Morgan fingerprint density at radius 2 is 1.76 bits per heavy atom. The van der Waals surface area contributed by atoms with Crippen molar-refractivity contribution in [1.29, 1.82) is 0 Å². The molecule has 1 amide bonds. The molecule has 2 aromatic carbocycles. The van der Waals surface area contributed by atoms with Crippen LogP contribution in [0.15, 0.2) is 53.7 Å². The molecule has 9 heteroatoms. The summed E-state index contributed by atoms with van der Waals surface area (Å²) in [6, 6.07) is 16.0. The number of amides is 1. The van der Waals surface area contributed by atoms with Gasteiger partial charge >= 0.3 is 5.97 Å². The largest absolute Gasteiger partial charge is 0.497 e. The number of nitrogens with zero attached hydrogens (tertiary/aromatic N) is 4. The fraction of sp³-hybridized carbons (Fsp3) is 0.429. The van der Waals surface area contributed by atoms with Crippen LogP contribution in [0.5, 0.6) is 5.75 Å². The van der Waals surface area contributed by atoms with Crippen molar-refractivity contribution < 1.29 is 19.1 Å². The lowest BCUT2D eigenvalue weighted by Gasteiger charge is -2.30. The summed E-state index contributed by atoms with van der Waals surface area (Å²) in [6.07, 6.45) is 1.27. The fourth-order valence-electron chi connectivity index (χ4n) is 4.53. The molecule has 37 heavy (non-hydrogen) atoms. The summed E-state index contributed by atoms with van der Waals surface area (Å²) >= 11 is 1.38. The first-order valence-electron chi connectivity index (χ1n) is 12.7. The van der Waals surface area contributed by atoms with Gasteiger partial charge in [-0.2, -0.15) is 0 Å². The summed E-state index contributed by atoms with van der Waals surface area (Å²) in [7, 11) is 1.64. The second-order valence-electron chi connectivity index (χ2n) is 9.28. The van der Waals surface area contributed by atoms with Crippen molar-refractivity contribution in [3.05, 3.63) is 54.1 Å². The smallest absolute Gasteiger partial charge is 0.309 e. The standard InChI is InChI=1S/C28H34N4O4S/c1-5-36-27(34)21-14-16-31(17-15-21)25(33)18-37-28-30-29-26(20-10-12-22(35-4)13-11-20)32(28)24-9-7-6-8-23(24)19(2)3/h6-13,19,21H,5,14-18H2,1-4H3. The van der Waals surface area contributed by atoms with Crippen molar-refractivity contribution in [2.75, 3.05) is 32.6 Å². The van der Waals surface area contributed by atoms with Gasteiger partial charge < -0.3 is 14.4 Å². The van der Waals surface area contributed by atoms with E-state index in [1.54, 1.807) is 7.11 Å². The van der Waals surface area contributed by atoms with Crippen LogP contribution < -0.4 is 4.74 Å². The Morgan fingerprint density at radius 1 is 1.05 bits per heavy atom. The van der Waals surface area contributed by atoms with Crippen LogP contribution >= 0.6 is 11.8 Å². The van der Waals surface area contributed by atoms with Crippen molar-refractivity contribution in [3.63, 3.8) is 0 Å². The first-order chi connectivity index (χ1) is 17.9. The minimum atomic E-state index is -0.160. The average Bonchev–Trinajstić information content (AvgIpc) is 3.35. The number of benzene rings is 2. The van der Waals surface area contributed by atoms with Gasteiger partial charge in [-0.25, -0.2) is 0 Å². The van der Waals surface area contributed by atoms with Gasteiger partial charge in [-0.1, -0.05) is 43.8 Å². The highest BCUT2D eigenvalue weighted by molar-refractivity contribution is 7.99. The number of piperidine rings is 1. The van der Waals surface area contributed by atoms with E-state index in [-0.39, 0.29) is 23.5 Å². The van der Waals surface area contributed by atoms with E-state index in [1.807, 2.05) is 52.8 Å². The summed E-state index contributed by atoms with van der Waals surface area (Å²) in [5.41, 5.74) is 3.08. The zero-order chi connectivity index (χ0) is 26.4. The average molecular weight is 523 g/mol. The zero-order valence-corrected chi connectivity index (χ0v) is 22.7. The SMILES string of the molecule is CCOC(=O)C1CCN(C(=O)CSc2nnc(-c3ccc(OC)cc3)n2-c2ccccc2C(C)C)CC1. The number of rotatable bonds is 9. The lowest BCUT2D eigenvalue weighted by Crippen LogP contribution is -2.41. The lowest BCUT2D eigenvalue weighted by atomic mass is 9.97. The van der Waals surface area contributed by atoms with Crippen LogP contribution in [0.4, 0.5) is 0 Å². The van der Waals surface area contributed by atoms with Crippen molar-refractivity contribution in [1.82, 2.24) is 19.7 Å². The van der Waals surface area contributed by atoms with Crippen molar-refractivity contribution in [2.45, 2.75) is 44.7 Å². The Hall–Kier alpha value is -3.33. The van der Waals surface area contributed by atoms with Crippen LogP contribution in [0.2, 0.25) is 0 Å². The quantitative estimate of drug-likeness (QED) is 0.290. The number of hydrogen-bond acceptors (Lipinski definition) is 7. The van der Waals surface area contributed by atoms with Gasteiger partial charge in [-0.3, -0.25) is 14.2 Å². The summed E-state index contributed by atoms with van der Waals surface area (Å²) in [4.78, 5) is 26.9. The number of esters is 1. The summed E-state index contributed by atoms with van der Waals surface area (Å²) in [6.45, 7) is 7.63. The van der Waals surface area contributed by atoms with E-state index in [2.05, 4.69) is 36.2 Å². The molecular formula is C28H34N4O4S. The molecular weight excluding hydrogens is 488 g/mol. The third kappa shape index (κ3) is 6.15. The monoisotopic (exact) mass is 522 g/mol. The molecule has 0 atom stereocenters. The van der Waals surface area contributed by atoms with Gasteiger partial charge in [0.1, 0.15) is 5.75 Å². The van der Waals surface area contributed by atoms with Gasteiger partial charge in [0.15, 0.2) is 11.0 Å². The Balaban J connectivity index is 1.56. The molecule has 1 aliphatic rings. The molecule has 0 radical (unpaired) electrons. The molecule has 0 spiro atoms. The van der Waals surface area contributed by atoms with Gasteiger partial charge in [-0.15, -0.1) is 10.2 Å². The summed E-state index contributed by atoms with van der Waals surface area (Å²) in [5.74, 6) is 1.76. The van der Waals surface area contributed by atoms with Crippen LogP contribution in [-0.2, 0) is 14.3 Å². The van der Waals surface area contributed by atoms with Gasteiger partial charge in [-0.05, 0) is 61.6 Å². The number of aromatic nitrogens is 3. The first-order valence-corrected chi connectivity index (χ1v) is 13.7. The highest BCUT2D eigenvalue weighted by Gasteiger charge is 2.29. The molecule has 0 aliphatic carbocycles. The maximum atomic E-state index is 13.1. The van der Waals surface area contributed by atoms with E-state index in [9.17, 15) is 9.59 Å². The van der Waals surface area contributed by atoms with Crippen LogP contribution in [0, 0.1) is 5.92 Å². The molecule has 0 saturated carbocycles. The number of ether oxygens (including phenoxy) is 2. The zero-order valence-electron chi connectivity index (χ0n) is 21.8. The molecule has 1 saturated heterocycles. The number of hydrogen-bond donors (Lipinski definition) is 0. The second-order valence-corrected chi connectivity index (χ2v) is 10.2. The molecule has 0 bridgehead atoms. The highest BCUT2D eigenvalue weighted by atomic mass is 32.2. The molecule has 1 aliphatic heterocycles. The predicted molar refractivity (Wildman–Crippen MR) is 144 cm³/mol. The normalized spacial score (nSPS) is 14.1. The Kier molecular flexibility index (Phi) is 8.87. The Bertz CT molecular complexity index is 1220. The Morgan fingerprint density at radius 3 is 2.41 bits per heavy atom. The van der Waals surface area contributed by atoms with Gasteiger partial charge in [0.2, 0.25) is 5.91 Å². The van der Waals surface area contributed by atoms with Crippen molar-refractivity contribution in [2.24, 2.45) is 5.92 Å². The number of carbonyl (C=O) groups is 2. The number of likely N-dealkylation sites (tertiary alicyclic amines) is 1. The van der Waals surface area contributed by atoms with Crippen LogP contribution in [0.1, 0.15) is 45.1 Å². The summed E-state index contributed by atoms with van der Waals surface area (Å²) < 4.78 is 12.5. The molecule has 0 N–H and O–H groups in total. The molecule has 1 aromatic heterocycles. The molecule has 4 rings (SSSR count). The van der Waals surface area contributed by atoms with E-state index >= 15 is 0 Å². The van der Waals surface area contributed by atoms with Gasteiger partial charge in [0, 0.05) is 18.7 Å². The minimum Gasteiger partial charge on any atom is -0.497 e. The lowest BCUT2D eigenvalue weighted by molar-refractivity contribution is -0.151. The predicted octanol–water partition coefficient (Wildman–Crippen LogP) is 4.96. The highest BCUT2D eigenvalue weighted by Crippen LogP contribution is 2.33. The van der Waals surface area contributed by atoms with Crippen LogP contribution in [-0.4, -0.2) is 64.1 Å². The number of methoxy groups -OCH3 is 1. The number of para-hydroxylation sites is 1. The number of carbonyl (C=O) groups excluding carboxylic acids is 2. The van der Waals surface area contributed by atoms with Crippen molar-refractivity contribution >= 4 is 23.6 Å². The molecule has 8 nitrogen and oxygen atoms in total. The topological polar surface area (TPSA) is 86.6 Å². The minimum absolute atomic E-state index is 0.0324. The van der Waals surface area contributed by atoms with E-state index in [1.165, 1.54) is 17.3 Å². The van der Waals surface area contributed by atoms with Crippen molar-refractivity contribution in [3.8, 4) is 22.8 Å². The van der Waals surface area contributed by atoms with Gasteiger partial charge in [0.25, 0.3) is 0 Å². The molecule has 3 aromatic rings. The maximum absolute atomic E-state index is 13.1. The van der Waals surface area contributed by atoms with E-state index in [0.29, 0.717) is 49.4 Å². The molecule has 1 fully saturated rings. The molecule has 0 unspecified atom stereocenters. The third-order valence-electron chi connectivity index (χ3n) is 6.57.